The third kappa shape index (κ3) is 3.41. The van der Waals surface area contributed by atoms with Gasteiger partial charge in [0.1, 0.15) is 16.9 Å². The molecule has 0 aliphatic carbocycles. The maximum absolute atomic E-state index is 9.98. The van der Waals surface area contributed by atoms with Crippen molar-refractivity contribution in [1.29, 1.82) is 0 Å². The topological polar surface area (TPSA) is 58.3 Å². The summed E-state index contributed by atoms with van der Waals surface area (Å²) in [4.78, 5) is 4.27. The molecule has 0 amide bonds. The van der Waals surface area contributed by atoms with Crippen LogP contribution in [-0.4, -0.2) is 16.1 Å². The standard InChI is InChI=1S/C13H18N2O2S/c1-9(8-11(16)12-4-3-6-17-12)15-10(2)13-14-5-7-18-13/h3-7,9-11,15-16H,8H2,1-2H3. The van der Waals surface area contributed by atoms with E-state index in [9.17, 15) is 5.11 Å². The zero-order valence-electron chi connectivity index (χ0n) is 10.5. The molecule has 5 heteroatoms. The molecule has 0 aromatic carbocycles. The van der Waals surface area contributed by atoms with Gasteiger partial charge in [0.15, 0.2) is 0 Å². The van der Waals surface area contributed by atoms with E-state index in [1.807, 2.05) is 5.38 Å². The van der Waals surface area contributed by atoms with Crippen LogP contribution in [0.4, 0.5) is 0 Å². The van der Waals surface area contributed by atoms with Gasteiger partial charge in [-0.05, 0) is 32.4 Å². The summed E-state index contributed by atoms with van der Waals surface area (Å²) in [5, 5.41) is 16.4. The van der Waals surface area contributed by atoms with Crippen molar-refractivity contribution < 1.29 is 9.52 Å². The summed E-state index contributed by atoms with van der Waals surface area (Å²) in [7, 11) is 0. The molecule has 0 aliphatic heterocycles. The van der Waals surface area contributed by atoms with Crippen LogP contribution in [0.25, 0.3) is 0 Å². The molecule has 3 unspecified atom stereocenters. The van der Waals surface area contributed by atoms with E-state index in [0.29, 0.717) is 12.2 Å². The van der Waals surface area contributed by atoms with Gasteiger partial charge in [-0.25, -0.2) is 4.98 Å². The molecule has 0 fully saturated rings. The molecule has 3 atom stereocenters. The summed E-state index contributed by atoms with van der Waals surface area (Å²) >= 11 is 1.64. The van der Waals surface area contributed by atoms with Crippen molar-refractivity contribution in [1.82, 2.24) is 10.3 Å². The summed E-state index contributed by atoms with van der Waals surface area (Å²) in [5.74, 6) is 0.616. The van der Waals surface area contributed by atoms with Gasteiger partial charge in [-0.3, -0.25) is 0 Å². The van der Waals surface area contributed by atoms with Crippen LogP contribution in [-0.2, 0) is 0 Å². The minimum atomic E-state index is -0.564. The van der Waals surface area contributed by atoms with Crippen molar-refractivity contribution in [2.75, 3.05) is 0 Å². The Hall–Kier alpha value is -1.17. The second-order valence-corrected chi connectivity index (χ2v) is 5.35. The average molecular weight is 266 g/mol. The summed E-state index contributed by atoms with van der Waals surface area (Å²) in [6, 6.07) is 3.96. The first-order chi connectivity index (χ1) is 8.66. The molecular weight excluding hydrogens is 248 g/mol. The number of hydrogen-bond acceptors (Lipinski definition) is 5. The van der Waals surface area contributed by atoms with E-state index in [2.05, 4.69) is 24.1 Å². The van der Waals surface area contributed by atoms with Crippen LogP contribution in [0.2, 0.25) is 0 Å². The molecule has 0 spiro atoms. The highest BCUT2D eigenvalue weighted by molar-refractivity contribution is 7.09. The van der Waals surface area contributed by atoms with Crippen molar-refractivity contribution in [3.8, 4) is 0 Å². The Labute approximate surface area is 111 Å². The third-order valence-electron chi connectivity index (χ3n) is 2.80. The number of aromatic nitrogens is 1. The fraction of sp³-hybridized carbons (Fsp3) is 0.462. The molecule has 2 N–H and O–H groups in total. The Morgan fingerprint density at radius 2 is 2.33 bits per heavy atom. The Morgan fingerprint density at radius 3 is 2.94 bits per heavy atom. The number of furan rings is 1. The zero-order valence-corrected chi connectivity index (χ0v) is 11.4. The molecule has 0 aliphatic rings. The Morgan fingerprint density at radius 1 is 1.50 bits per heavy atom. The van der Waals surface area contributed by atoms with Crippen molar-refractivity contribution >= 4 is 11.3 Å². The van der Waals surface area contributed by atoms with Crippen molar-refractivity contribution in [3.63, 3.8) is 0 Å². The van der Waals surface area contributed by atoms with Crippen LogP contribution >= 0.6 is 11.3 Å². The van der Waals surface area contributed by atoms with Gasteiger partial charge in [-0.2, -0.15) is 0 Å². The van der Waals surface area contributed by atoms with Gasteiger partial charge >= 0.3 is 0 Å². The SMILES string of the molecule is CC(CC(O)c1ccco1)NC(C)c1nccs1. The fourth-order valence-corrected chi connectivity index (χ4v) is 2.60. The number of hydrogen-bond donors (Lipinski definition) is 2. The van der Waals surface area contributed by atoms with Gasteiger partial charge in [0.05, 0.1) is 12.3 Å². The van der Waals surface area contributed by atoms with Gasteiger partial charge in [0.2, 0.25) is 0 Å². The maximum Gasteiger partial charge on any atom is 0.132 e. The maximum atomic E-state index is 9.98. The molecular formula is C13H18N2O2S. The number of nitrogens with one attached hydrogen (secondary N) is 1. The predicted octanol–water partition coefficient (Wildman–Crippen LogP) is 2.90. The van der Waals surface area contributed by atoms with Crippen LogP contribution in [0, 0.1) is 0 Å². The normalized spacial score (nSPS) is 16.4. The van der Waals surface area contributed by atoms with Crippen LogP contribution in [0.5, 0.6) is 0 Å². The lowest BCUT2D eigenvalue weighted by Crippen LogP contribution is -2.30. The Bertz CT molecular complexity index is 399. The van der Waals surface area contributed by atoms with Gasteiger partial charge in [0.25, 0.3) is 0 Å². The molecule has 4 nitrogen and oxygen atoms in total. The largest absolute Gasteiger partial charge is 0.467 e. The fourth-order valence-electron chi connectivity index (χ4n) is 1.95. The second kappa shape index (κ2) is 6.13. The third-order valence-corrected chi connectivity index (χ3v) is 3.76. The van der Waals surface area contributed by atoms with Crippen molar-refractivity contribution in [2.24, 2.45) is 0 Å². The number of nitrogens with zero attached hydrogens (tertiary/aromatic N) is 1. The molecule has 18 heavy (non-hydrogen) atoms. The first-order valence-corrected chi connectivity index (χ1v) is 6.91. The molecule has 98 valence electrons. The molecule has 2 aromatic rings. The molecule has 0 saturated heterocycles. The van der Waals surface area contributed by atoms with Gasteiger partial charge in [-0.1, -0.05) is 0 Å². The zero-order chi connectivity index (χ0) is 13.0. The Kier molecular flexibility index (Phi) is 4.52. The highest BCUT2D eigenvalue weighted by Crippen LogP contribution is 2.21. The van der Waals surface area contributed by atoms with E-state index in [1.54, 1.807) is 35.9 Å². The summed E-state index contributed by atoms with van der Waals surface area (Å²) in [6.07, 6.45) is 3.43. The highest BCUT2D eigenvalue weighted by atomic mass is 32.1. The summed E-state index contributed by atoms with van der Waals surface area (Å²) in [6.45, 7) is 4.13. The molecule has 2 heterocycles. The second-order valence-electron chi connectivity index (χ2n) is 4.43. The highest BCUT2D eigenvalue weighted by Gasteiger charge is 2.17. The van der Waals surface area contributed by atoms with E-state index in [-0.39, 0.29) is 12.1 Å². The van der Waals surface area contributed by atoms with Crippen LogP contribution < -0.4 is 5.32 Å². The molecule has 0 bridgehead atoms. The summed E-state index contributed by atoms with van der Waals surface area (Å²) < 4.78 is 5.19. The van der Waals surface area contributed by atoms with Crippen LogP contribution in [0.15, 0.2) is 34.4 Å². The monoisotopic (exact) mass is 266 g/mol. The predicted molar refractivity (Wildman–Crippen MR) is 71.4 cm³/mol. The smallest absolute Gasteiger partial charge is 0.132 e. The number of rotatable bonds is 6. The lowest BCUT2D eigenvalue weighted by molar-refractivity contribution is 0.127. The van der Waals surface area contributed by atoms with E-state index in [0.717, 1.165) is 5.01 Å². The average Bonchev–Trinajstić information content (AvgIpc) is 3.02. The van der Waals surface area contributed by atoms with Crippen LogP contribution in [0.1, 0.15) is 43.2 Å². The number of aliphatic hydroxyl groups excluding tert-OH is 1. The van der Waals surface area contributed by atoms with Gasteiger partial charge in [0, 0.05) is 17.6 Å². The minimum absolute atomic E-state index is 0.184. The molecule has 0 saturated carbocycles. The van der Waals surface area contributed by atoms with Crippen molar-refractivity contribution in [3.05, 3.63) is 40.7 Å². The molecule has 0 radical (unpaired) electrons. The Balaban J connectivity index is 1.83. The summed E-state index contributed by atoms with van der Waals surface area (Å²) in [5.41, 5.74) is 0. The minimum Gasteiger partial charge on any atom is -0.467 e. The van der Waals surface area contributed by atoms with E-state index in [4.69, 9.17) is 4.42 Å². The van der Waals surface area contributed by atoms with E-state index in [1.165, 1.54) is 0 Å². The van der Waals surface area contributed by atoms with Gasteiger partial charge in [-0.15, -0.1) is 11.3 Å². The van der Waals surface area contributed by atoms with Gasteiger partial charge < -0.3 is 14.8 Å². The number of aliphatic hydroxyl groups is 1. The lowest BCUT2D eigenvalue weighted by Gasteiger charge is -2.20. The quantitative estimate of drug-likeness (QED) is 0.844. The van der Waals surface area contributed by atoms with E-state index < -0.39 is 6.10 Å². The lowest BCUT2D eigenvalue weighted by atomic mass is 10.1. The first kappa shape index (κ1) is 13.3. The molecule has 2 rings (SSSR count). The number of thiazole rings is 1. The first-order valence-electron chi connectivity index (χ1n) is 6.03. The van der Waals surface area contributed by atoms with Crippen molar-refractivity contribution in [2.45, 2.75) is 38.5 Å². The van der Waals surface area contributed by atoms with Crippen LogP contribution in [0.3, 0.4) is 0 Å². The van der Waals surface area contributed by atoms with E-state index >= 15 is 0 Å². The molecule has 2 aromatic heterocycles.